The van der Waals surface area contributed by atoms with Crippen molar-refractivity contribution >= 4 is 13.8 Å². The van der Waals surface area contributed by atoms with E-state index in [-0.39, 0.29) is 6.42 Å². The Balaban J connectivity index is 2.15. The summed E-state index contributed by atoms with van der Waals surface area (Å²) in [6, 6.07) is 0. The molecule has 0 aliphatic heterocycles. The number of hydrogen-bond donors (Lipinski definition) is 7. The predicted molar refractivity (Wildman–Crippen MR) is 147 cm³/mol. The lowest BCUT2D eigenvalue weighted by Crippen LogP contribution is -2.64. The van der Waals surface area contributed by atoms with Gasteiger partial charge in [-0.2, -0.15) is 0 Å². The van der Waals surface area contributed by atoms with E-state index in [1.54, 1.807) is 0 Å². The number of esters is 1. The maximum Gasteiger partial charge on any atom is 0.472 e. The summed E-state index contributed by atoms with van der Waals surface area (Å²) in [5.41, 5.74) is 0. The summed E-state index contributed by atoms with van der Waals surface area (Å²) in [6.07, 6.45) is 5.08. The van der Waals surface area contributed by atoms with Crippen LogP contribution in [0.15, 0.2) is 0 Å². The van der Waals surface area contributed by atoms with Crippen LogP contribution in [0.1, 0.15) is 110 Å². The van der Waals surface area contributed by atoms with Crippen molar-refractivity contribution in [3.05, 3.63) is 0 Å². The molecule has 6 atom stereocenters. The van der Waals surface area contributed by atoms with Crippen LogP contribution in [-0.4, -0.2) is 97.4 Å². The molecule has 0 aromatic heterocycles. The third-order valence-electron chi connectivity index (χ3n) is 7.24. The standard InChI is InChI=1S/C27H53O12P/c1-2-3-4-5-6-7-8-9-10-11-12-13-14-15-16-17-21(29)38-20(18-28)19-37-40(35,36)39-27-25(33)23(31)22(30)24(32)26(27)34/h20,22-28,30-34H,2-19H2,1H3,(H,35,36)/t20-,22?,23?,24?,25?,26?,27?/m1/s1. The first-order valence-electron chi connectivity index (χ1n) is 14.9. The maximum absolute atomic E-state index is 12.2. The summed E-state index contributed by atoms with van der Waals surface area (Å²) in [5.74, 6) is -0.593. The topological polar surface area (TPSA) is 203 Å². The zero-order chi connectivity index (χ0) is 30.0. The molecule has 5 unspecified atom stereocenters. The van der Waals surface area contributed by atoms with Crippen molar-refractivity contribution in [3.8, 4) is 0 Å². The zero-order valence-corrected chi connectivity index (χ0v) is 24.8. The van der Waals surface area contributed by atoms with Gasteiger partial charge in [-0.1, -0.05) is 96.8 Å². The summed E-state index contributed by atoms with van der Waals surface area (Å²) < 4.78 is 26.7. The molecule has 238 valence electrons. The molecule has 40 heavy (non-hydrogen) atoms. The van der Waals surface area contributed by atoms with E-state index in [4.69, 9.17) is 9.26 Å². The predicted octanol–water partition coefficient (Wildman–Crippen LogP) is 2.47. The van der Waals surface area contributed by atoms with Gasteiger partial charge in [0.05, 0.1) is 13.2 Å². The van der Waals surface area contributed by atoms with Crippen LogP contribution in [0.4, 0.5) is 0 Å². The van der Waals surface area contributed by atoms with Gasteiger partial charge in [0.1, 0.15) is 42.7 Å². The minimum absolute atomic E-state index is 0.126. The number of phosphoric ester groups is 1. The maximum atomic E-state index is 12.2. The number of phosphoric acid groups is 1. The van der Waals surface area contributed by atoms with E-state index in [0.717, 1.165) is 19.3 Å². The molecule has 0 radical (unpaired) electrons. The van der Waals surface area contributed by atoms with Crippen LogP contribution in [0.25, 0.3) is 0 Å². The molecule has 0 heterocycles. The van der Waals surface area contributed by atoms with Crippen molar-refractivity contribution in [2.45, 2.75) is 152 Å². The Labute approximate surface area is 238 Å². The minimum Gasteiger partial charge on any atom is -0.457 e. The normalized spacial score (nSPS) is 27.3. The highest BCUT2D eigenvalue weighted by molar-refractivity contribution is 7.47. The van der Waals surface area contributed by atoms with E-state index in [1.807, 2.05) is 0 Å². The average molecular weight is 601 g/mol. The molecule has 1 fully saturated rings. The Morgan fingerprint density at radius 2 is 1.10 bits per heavy atom. The van der Waals surface area contributed by atoms with Crippen LogP contribution in [0.5, 0.6) is 0 Å². The quantitative estimate of drug-likeness (QED) is 0.0513. The Morgan fingerprint density at radius 3 is 1.52 bits per heavy atom. The van der Waals surface area contributed by atoms with Crippen molar-refractivity contribution in [2.24, 2.45) is 0 Å². The highest BCUT2D eigenvalue weighted by Gasteiger charge is 2.51. The number of carbonyl (C=O) groups excluding carboxylic acids is 1. The van der Waals surface area contributed by atoms with Crippen LogP contribution >= 0.6 is 7.82 Å². The molecule has 0 amide bonds. The summed E-state index contributed by atoms with van der Waals surface area (Å²) in [7, 11) is -5.00. The molecular weight excluding hydrogens is 547 g/mol. The second-order valence-electron chi connectivity index (χ2n) is 10.8. The minimum atomic E-state index is -5.00. The number of ether oxygens (including phenoxy) is 1. The number of hydrogen-bond acceptors (Lipinski definition) is 11. The molecule has 1 aliphatic rings. The van der Waals surface area contributed by atoms with E-state index in [2.05, 4.69) is 11.4 Å². The summed E-state index contributed by atoms with van der Waals surface area (Å²) >= 11 is 0. The molecule has 13 heteroatoms. The second kappa shape index (κ2) is 21.1. The van der Waals surface area contributed by atoms with Crippen molar-refractivity contribution in [3.63, 3.8) is 0 Å². The number of aliphatic hydroxyl groups excluding tert-OH is 6. The molecule has 0 spiro atoms. The number of rotatable bonds is 23. The monoisotopic (exact) mass is 600 g/mol. The van der Waals surface area contributed by atoms with E-state index in [0.29, 0.717) is 6.42 Å². The van der Waals surface area contributed by atoms with Gasteiger partial charge in [-0.15, -0.1) is 0 Å². The van der Waals surface area contributed by atoms with Gasteiger partial charge in [-0.3, -0.25) is 13.8 Å². The lowest BCUT2D eigenvalue weighted by Gasteiger charge is -2.41. The van der Waals surface area contributed by atoms with Crippen LogP contribution < -0.4 is 0 Å². The second-order valence-corrected chi connectivity index (χ2v) is 12.2. The number of aliphatic hydroxyl groups is 6. The van der Waals surface area contributed by atoms with Gasteiger partial charge in [0, 0.05) is 6.42 Å². The lowest BCUT2D eigenvalue weighted by atomic mass is 9.85. The largest absolute Gasteiger partial charge is 0.472 e. The molecule has 1 aliphatic carbocycles. The fourth-order valence-electron chi connectivity index (χ4n) is 4.69. The number of carbonyl (C=O) groups is 1. The van der Waals surface area contributed by atoms with Gasteiger partial charge >= 0.3 is 13.8 Å². The summed E-state index contributed by atoms with van der Waals surface area (Å²) in [6.45, 7) is 0.821. The first-order chi connectivity index (χ1) is 19.0. The summed E-state index contributed by atoms with van der Waals surface area (Å²) in [5, 5.41) is 58.3. The van der Waals surface area contributed by atoms with Crippen molar-refractivity contribution < 1.29 is 58.7 Å². The first kappa shape index (κ1) is 37.4. The summed E-state index contributed by atoms with van der Waals surface area (Å²) in [4.78, 5) is 22.0. The van der Waals surface area contributed by atoms with Crippen molar-refractivity contribution in [2.75, 3.05) is 13.2 Å². The Bertz CT molecular complexity index is 695. The van der Waals surface area contributed by atoms with Gasteiger partial charge in [-0.25, -0.2) is 4.57 Å². The fraction of sp³-hybridized carbons (Fsp3) is 0.963. The highest BCUT2D eigenvalue weighted by Crippen LogP contribution is 2.47. The lowest BCUT2D eigenvalue weighted by molar-refractivity contribution is -0.220. The van der Waals surface area contributed by atoms with Gasteiger partial charge in [0.15, 0.2) is 0 Å². The molecule has 1 rings (SSSR count). The van der Waals surface area contributed by atoms with Gasteiger partial charge in [0.2, 0.25) is 0 Å². The fourth-order valence-corrected chi connectivity index (χ4v) is 5.67. The molecule has 0 aromatic rings. The highest BCUT2D eigenvalue weighted by atomic mass is 31.2. The third kappa shape index (κ3) is 15.0. The van der Waals surface area contributed by atoms with Gasteiger partial charge in [0.25, 0.3) is 0 Å². The van der Waals surface area contributed by atoms with Crippen LogP contribution in [0.3, 0.4) is 0 Å². The van der Waals surface area contributed by atoms with Crippen LogP contribution in [0, 0.1) is 0 Å². The van der Waals surface area contributed by atoms with E-state index < -0.39 is 69.7 Å². The molecule has 0 saturated heterocycles. The van der Waals surface area contributed by atoms with E-state index in [1.165, 1.54) is 70.6 Å². The zero-order valence-electron chi connectivity index (χ0n) is 23.9. The van der Waals surface area contributed by atoms with E-state index in [9.17, 15) is 44.9 Å². The van der Waals surface area contributed by atoms with Gasteiger partial charge in [-0.05, 0) is 6.42 Å². The van der Waals surface area contributed by atoms with Crippen LogP contribution in [-0.2, 0) is 23.1 Å². The molecule has 7 N–H and O–H groups in total. The van der Waals surface area contributed by atoms with Gasteiger partial charge < -0.3 is 40.3 Å². The van der Waals surface area contributed by atoms with Crippen molar-refractivity contribution in [1.29, 1.82) is 0 Å². The van der Waals surface area contributed by atoms with E-state index >= 15 is 0 Å². The molecule has 12 nitrogen and oxygen atoms in total. The Kier molecular flexibility index (Phi) is 19.7. The average Bonchev–Trinajstić information content (AvgIpc) is 2.93. The smallest absolute Gasteiger partial charge is 0.457 e. The first-order valence-corrected chi connectivity index (χ1v) is 16.4. The molecular formula is C27H53O12P. The molecule has 0 bridgehead atoms. The third-order valence-corrected chi connectivity index (χ3v) is 8.22. The SMILES string of the molecule is CCCCCCCCCCCCCCCCCC(=O)O[C@H](CO)COP(=O)(O)OC1C(O)C(O)C(O)C(O)C1O. The molecule has 1 saturated carbocycles. The Morgan fingerprint density at radius 1 is 0.700 bits per heavy atom. The van der Waals surface area contributed by atoms with Crippen molar-refractivity contribution in [1.82, 2.24) is 0 Å². The molecule has 0 aromatic carbocycles. The van der Waals surface area contributed by atoms with Crippen LogP contribution in [0.2, 0.25) is 0 Å². The Hall–Kier alpha value is -0.660. The number of unbranched alkanes of at least 4 members (excludes halogenated alkanes) is 14.